The lowest BCUT2D eigenvalue weighted by Crippen LogP contribution is -2.40. The molecule has 232 valence electrons. The van der Waals surface area contributed by atoms with Gasteiger partial charge >= 0.3 is 0 Å². The Morgan fingerprint density at radius 1 is 0.545 bits per heavy atom. The molecule has 2 aliphatic rings. The van der Waals surface area contributed by atoms with E-state index in [1.54, 1.807) is 36.4 Å². The van der Waals surface area contributed by atoms with Crippen LogP contribution in [-0.4, -0.2) is 70.7 Å². The topological polar surface area (TPSA) is 146 Å². The van der Waals surface area contributed by atoms with E-state index in [9.17, 15) is 20.4 Å². The first-order chi connectivity index (χ1) is 21.0. The molecule has 8 N–H and O–H groups in total. The van der Waals surface area contributed by atoms with E-state index in [2.05, 4.69) is 59.7 Å². The lowest BCUT2D eigenvalue weighted by atomic mass is 9.95. The number of phenolic OH excluding ortho intramolecular Hbond substituents is 4. The van der Waals surface area contributed by atoms with Gasteiger partial charge in [-0.3, -0.25) is 9.80 Å². The molecule has 4 aromatic carbocycles. The smallest absolute Gasteiger partial charge is 0.139 e. The molecule has 0 saturated carbocycles. The van der Waals surface area contributed by atoms with Crippen LogP contribution in [0.25, 0.3) is 22.3 Å². The lowest BCUT2D eigenvalue weighted by Gasteiger charge is -2.37. The maximum absolute atomic E-state index is 10.8. The molecule has 0 bridgehead atoms. The number of anilines is 4. The van der Waals surface area contributed by atoms with Gasteiger partial charge in [0.1, 0.15) is 23.0 Å². The zero-order valence-electron chi connectivity index (χ0n) is 25.7. The normalized spacial score (nSPS) is 14.9. The average Bonchev–Trinajstić information content (AvgIpc) is 2.98. The zero-order chi connectivity index (χ0) is 31.7. The van der Waals surface area contributed by atoms with Crippen molar-refractivity contribution in [2.75, 3.05) is 61.8 Å². The van der Waals surface area contributed by atoms with E-state index >= 15 is 0 Å². The molecule has 2 heterocycles. The standard InChI is InChI=1S/C22H30N4O2.C12H12N2O2/c1-5-25-13-23(3)11-17-7-15(9-19(27)21(17)25)16-8-18-12-24(4)14-26(6-2)22(18)20(28)10-16;13-9-3-1-7(5-11(9)15)8-2-4-10(14)12(16)6-8/h7-10,27-28H,5-6,11-14H2,1-4H3;1-6,15-16H,13-14H2. The number of phenols is 4. The van der Waals surface area contributed by atoms with Crippen LogP contribution in [0.1, 0.15) is 25.0 Å². The van der Waals surface area contributed by atoms with Gasteiger partial charge in [0.2, 0.25) is 0 Å². The van der Waals surface area contributed by atoms with Gasteiger partial charge in [0, 0.05) is 26.2 Å². The monoisotopic (exact) mass is 598 g/mol. The highest BCUT2D eigenvalue weighted by molar-refractivity contribution is 5.79. The minimum atomic E-state index is 0.0221. The summed E-state index contributed by atoms with van der Waals surface area (Å²) in [6, 6.07) is 17.8. The molecular formula is C34H42N6O4. The maximum atomic E-state index is 10.8. The van der Waals surface area contributed by atoms with Gasteiger partial charge in [-0.2, -0.15) is 0 Å². The summed E-state index contributed by atoms with van der Waals surface area (Å²) in [5.74, 6) is 0.668. The zero-order valence-corrected chi connectivity index (χ0v) is 25.7. The quantitative estimate of drug-likeness (QED) is 0.138. The van der Waals surface area contributed by atoms with Crippen molar-refractivity contribution in [2.24, 2.45) is 0 Å². The Labute approximate surface area is 258 Å². The fourth-order valence-corrected chi connectivity index (χ4v) is 6.03. The Hall–Kier alpha value is -4.80. The third-order valence-electron chi connectivity index (χ3n) is 8.17. The highest BCUT2D eigenvalue weighted by Gasteiger charge is 2.26. The molecule has 6 rings (SSSR count). The van der Waals surface area contributed by atoms with Crippen molar-refractivity contribution in [3.8, 4) is 45.3 Å². The van der Waals surface area contributed by atoms with Gasteiger partial charge in [-0.15, -0.1) is 0 Å². The molecule has 0 spiro atoms. The second kappa shape index (κ2) is 12.4. The number of nitrogen functional groups attached to an aromatic ring is 2. The predicted octanol–water partition coefficient (Wildman–Crippen LogP) is 5.15. The fourth-order valence-electron chi connectivity index (χ4n) is 6.03. The van der Waals surface area contributed by atoms with Crippen molar-refractivity contribution < 1.29 is 20.4 Å². The van der Waals surface area contributed by atoms with E-state index in [0.717, 1.165) is 84.3 Å². The van der Waals surface area contributed by atoms with E-state index in [0.29, 0.717) is 22.9 Å². The van der Waals surface area contributed by atoms with Crippen molar-refractivity contribution >= 4 is 22.7 Å². The Morgan fingerprint density at radius 2 is 0.909 bits per heavy atom. The molecule has 0 amide bonds. The fraction of sp³-hybridized carbons (Fsp3) is 0.294. The Balaban J connectivity index is 0.000000204. The van der Waals surface area contributed by atoms with Crippen LogP contribution >= 0.6 is 0 Å². The van der Waals surface area contributed by atoms with Crippen molar-refractivity contribution in [3.05, 3.63) is 71.8 Å². The third kappa shape index (κ3) is 6.13. The van der Waals surface area contributed by atoms with Crippen molar-refractivity contribution in [1.82, 2.24) is 9.80 Å². The maximum Gasteiger partial charge on any atom is 0.139 e. The van der Waals surface area contributed by atoms with Gasteiger partial charge in [-0.05, 0) is 110 Å². The number of rotatable bonds is 4. The summed E-state index contributed by atoms with van der Waals surface area (Å²) in [5, 5.41) is 40.5. The highest BCUT2D eigenvalue weighted by Crippen LogP contribution is 2.43. The first-order valence-corrected chi connectivity index (χ1v) is 14.8. The number of aromatic hydroxyl groups is 4. The van der Waals surface area contributed by atoms with Crippen LogP contribution in [-0.2, 0) is 13.1 Å². The molecule has 0 saturated heterocycles. The molecular weight excluding hydrogens is 556 g/mol. The second-order valence-corrected chi connectivity index (χ2v) is 11.6. The van der Waals surface area contributed by atoms with E-state index in [1.807, 2.05) is 12.1 Å². The van der Waals surface area contributed by atoms with Crippen molar-refractivity contribution in [1.29, 1.82) is 0 Å². The van der Waals surface area contributed by atoms with Crippen molar-refractivity contribution in [2.45, 2.75) is 26.9 Å². The SMILES string of the molecule is CCN1CN(C)Cc2cc(-c3cc(O)c4c(c3)CN(C)CN4CC)cc(O)c21.Nc1ccc(-c2ccc(N)c(O)c2)cc1O. The van der Waals surface area contributed by atoms with Gasteiger partial charge in [0.25, 0.3) is 0 Å². The molecule has 0 fully saturated rings. The number of hydrogen-bond acceptors (Lipinski definition) is 10. The molecule has 0 unspecified atom stereocenters. The van der Waals surface area contributed by atoms with E-state index in [1.165, 1.54) is 0 Å². The van der Waals surface area contributed by atoms with Crippen LogP contribution in [0.15, 0.2) is 60.7 Å². The van der Waals surface area contributed by atoms with E-state index < -0.39 is 0 Å². The summed E-state index contributed by atoms with van der Waals surface area (Å²) in [4.78, 5) is 8.87. The third-order valence-corrected chi connectivity index (χ3v) is 8.17. The lowest BCUT2D eigenvalue weighted by molar-refractivity contribution is 0.307. The predicted molar refractivity (Wildman–Crippen MR) is 178 cm³/mol. The summed E-state index contributed by atoms with van der Waals surface area (Å²) >= 11 is 0. The number of nitrogens with zero attached hydrogens (tertiary/aromatic N) is 4. The van der Waals surface area contributed by atoms with Crippen LogP contribution in [0.5, 0.6) is 23.0 Å². The molecule has 0 aromatic heterocycles. The van der Waals surface area contributed by atoms with Gasteiger partial charge in [0.15, 0.2) is 0 Å². The Bertz CT molecular complexity index is 1550. The molecule has 0 radical (unpaired) electrons. The van der Waals surface area contributed by atoms with E-state index in [4.69, 9.17) is 11.5 Å². The summed E-state index contributed by atoms with van der Waals surface area (Å²) in [7, 11) is 4.18. The molecule has 0 atom stereocenters. The number of benzene rings is 4. The molecule has 0 aliphatic carbocycles. The molecule has 44 heavy (non-hydrogen) atoms. The average molecular weight is 599 g/mol. The summed E-state index contributed by atoms with van der Waals surface area (Å²) in [6.07, 6.45) is 0. The van der Waals surface area contributed by atoms with Gasteiger partial charge in [-0.25, -0.2) is 0 Å². The number of fused-ring (bicyclic) bond motifs is 2. The Morgan fingerprint density at radius 3 is 1.25 bits per heavy atom. The van der Waals surface area contributed by atoms with Gasteiger partial charge in [-0.1, -0.05) is 12.1 Å². The minimum absolute atomic E-state index is 0.0221. The first kappa shape index (κ1) is 30.7. The van der Waals surface area contributed by atoms with Crippen LogP contribution in [0.4, 0.5) is 22.7 Å². The molecule has 4 aromatic rings. The van der Waals surface area contributed by atoms with Gasteiger partial charge < -0.3 is 41.7 Å². The van der Waals surface area contributed by atoms with E-state index in [-0.39, 0.29) is 11.5 Å². The first-order valence-electron chi connectivity index (χ1n) is 14.8. The summed E-state index contributed by atoms with van der Waals surface area (Å²) < 4.78 is 0. The van der Waals surface area contributed by atoms with Crippen LogP contribution in [0, 0.1) is 0 Å². The van der Waals surface area contributed by atoms with Crippen molar-refractivity contribution in [3.63, 3.8) is 0 Å². The Kier molecular flexibility index (Phi) is 8.66. The highest BCUT2D eigenvalue weighted by atomic mass is 16.3. The summed E-state index contributed by atoms with van der Waals surface area (Å²) in [5.41, 5.74) is 19.2. The van der Waals surface area contributed by atoms with Gasteiger partial charge in [0.05, 0.1) is 36.1 Å². The van der Waals surface area contributed by atoms with Crippen LogP contribution < -0.4 is 21.3 Å². The number of hydrogen-bond donors (Lipinski definition) is 6. The number of nitrogens with two attached hydrogens (primary N) is 2. The largest absolute Gasteiger partial charge is 0.506 e. The van der Waals surface area contributed by atoms with Crippen LogP contribution in [0.3, 0.4) is 0 Å². The molecule has 10 heteroatoms. The van der Waals surface area contributed by atoms with Crippen LogP contribution in [0.2, 0.25) is 0 Å². The minimum Gasteiger partial charge on any atom is -0.506 e. The molecule has 2 aliphatic heterocycles. The molecule has 10 nitrogen and oxygen atoms in total. The second-order valence-electron chi connectivity index (χ2n) is 11.6. The summed E-state index contributed by atoms with van der Waals surface area (Å²) in [6.45, 7) is 9.14.